The Balaban J connectivity index is 1.67. The van der Waals surface area contributed by atoms with E-state index in [0.717, 1.165) is 22.1 Å². The summed E-state index contributed by atoms with van der Waals surface area (Å²) in [6, 6.07) is 15.8. The highest BCUT2D eigenvalue weighted by Gasteiger charge is 2.68. The monoisotopic (exact) mass is 641 g/mol. The van der Waals surface area contributed by atoms with Gasteiger partial charge in [0.05, 0.1) is 35.1 Å². The van der Waals surface area contributed by atoms with Gasteiger partial charge in [0.1, 0.15) is 23.3 Å². The average molecular weight is 642 g/mol. The first-order valence-corrected chi connectivity index (χ1v) is 15.6. The van der Waals surface area contributed by atoms with Crippen molar-refractivity contribution in [2.75, 3.05) is 11.5 Å². The first-order valence-electron chi connectivity index (χ1n) is 15.6. The van der Waals surface area contributed by atoms with Gasteiger partial charge in [-0.25, -0.2) is 18.9 Å². The predicted octanol–water partition coefficient (Wildman–Crippen LogP) is 6.16. The Morgan fingerprint density at radius 3 is 2.40 bits per heavy atom. The SMILES string of the molecule is CCOC(=O)C(=O)[C@@H]1[C@H]2Oc3ccc(C)cc3C(=O)[C@@H]2C[C@@]2(C(=O)N(C(=O)OC(C)(C)C)c3ccc(F)cc32)[C@H]1c1cccc(C)c1. The summed E-state index contributed by atoms with van der Waals surface area (Å²) in [5, 5.41) is 0. The number of amides is 2. The zero-order chi connectivity index (χ0) is 34.0. The minimum Gasteiger partial charge on any atom is -0.488 e. The molecule has 1 saturated carbocycles. The number of ether oxygens (including phenoxy) is 3. The van der Waals surface area contributed by atoms with Gasteiger partial charge in [0.2, 0.25) is 11.7 Å². The zero-order valence-corrected chi connectivity index (χ0v) is 27.1. The molecule has 2 aliphatic heterocycles. The Labute approximate surface area is 272 Å². The van der Waals surface area contributed by atoms with Crippen molar-refractivity contribution in [1.82, 2.24) is 0 Å². The fraction of sp³-hybridized carbons (Fsp3) is 0.378. The summed E-state index contributed by atoms with van der Waals surface area (Å²) in [4.78, 5) is 71.8. The number of fused-ring (bicyclic) bond motifs is 4. The van der Waals surface area contributed by atoms with Gasteiger partial charge in [-0.15, -0.1) is 0 Å². The van der Waals surface area contributed by atoms with E-state index in [-0.39, 0.29) is 41.4 Å². The largest absolute Gasteiger partial charge is 0.488 e. The Hall–Kier alpha value is -4.86. The molecule has 0 unspecified atom stereocenters. The second kappa shape index (κ2) is 11.4. The second-order valence-electron chi connectivity index (χ2n) is 13.5. The molecule has 2 heterocycles. The topological polar surface area (TPSA) is 116 Å². The maximum atomic E-state index is 15.3. The number of rotatable bonds is 4. The third kappa shape index (κ3) is 5.20. The summed E-state index contributed by atoms with van der Waals surface area (Å²) >= 11 is 0. The number of hydrogen-bond acceptors (Lipinski definition) is 8. The first-order chi connectivity index (χ1) is 22.2. The number of hydrogen-bond donors (Lipinski definition) is 0. The molecule has 47 heavy (non-hydrogen) atoms. The van der Waals surface area contributed by atoms with Crippen molar-refractivity contribution in [3.63, 3.8) is 0 Å². The number of benzene rings is 3. The maximum Gasteiger partial charge on any atom is 0.421 e. The van der Waals surface area contributed by atoms with E-state index in [1.54, 1.807) is 64.1 Å². The van der Waals surface area contributed by atoms with Crippen molar-refractivity contribution >= 4 is 35.2 Å². The smallest absolute Gasteiger partial charge is 0.421 e. The van der Waals surface area contributed by atoms with Gasteiger partial charge in [-0.3, -0.25) is 14.4 Å². The number of carbonyl (C=O) groups is 5. The molecule has 5 atom stereocenters. The lowest BCUT2D eigenvalue weighted by Crippen LogP contribution is -2.62. The summed E-state index contributed by atoms with van der Waals surface area (Å²) in [7, 11) is 0. The van der Waals surface area contributed by atoms with Crippen LogP contribution in [0.3, 0.4) is 0 Å². The van der Waals surface area contributed by atoms with Crippen molar-refractivity contribution in [2.45, 2.75) is 71.0 Å². The van der Waals surface area contributed by atoms with Crippen molar-refractivity contribution in [1.29, 1.82) is 0 Å². The Kier molecular flexibility index (Phi) is 7.81. The fourth-order valence-corrected chi connectivity index (χ4v) is 7.48. The van der Waals surface area contributed by atoms with Crippen LogP contribution in [0.2, 0.25) is 0 Å². The molecule has 1 spiro atoms. The number of esters is 1. The van der Waals surface area contributed by atoms with Gasteiger partial charge < -0.3 is 14.2 Å². The Bertz CT molecular complexity index is 1840. The number of Topliss-reactive ketones (excluding diaryl/α,β-unsaturated/α-hetero) is 2. The van der Waals surface area contributed by atoms with Gasteiger partial charge in [-0.1, -0.05) is 41.5 Å². The lowest BCUT2D eigenvalue weighted by molar-refractivity contribution is -0.160. The van der Waals surface area contributed by atoms with Gasteiger partial charge in [-0.05, 0) is 89.4 Å². The molecule has 6 rings (SSSR count). The number of halogens is 1. The molecule has 3 aromatic rings. The average Bonchev–Trinajstić information content (AvgIpc) is 3.23. The molecule has 3 aromatic carbocycles. The van der Waals surface area contributed by atoms with E-state index in [1.807, 2.05) is 19.9 Å². The van der Waals surface area contributed by atoms with E-state index in [4.69, 9.17) is 14.2 Å². The standard InChI is InChI=1S/C37H36FNO8/c1-7-45-33(42)31(41)28-29(21-10-8-9-19(2)15-21)37(18-24-30(40)23-16-20(3)11-14-27(23)46-32(24)28)25-17-22(38)12-13-26(25)39(34(37)43)35(44)47-36(4,5)6/h8-17,24,28-29,32H,7,18H2,1-6H3/t24-,28+,29-,32-,37-/m0/s1. The molecule has 244 valence electrons. The molecule has 0 N–H and O–H groups in total. The lowest BCUT2D eigenvalue weighted by Gasteiger charge is -2.52. The lowest BCUT2D eigenvalue weighted by atomic mass is 9.51. The van der Waals surface area contributed by atoms with E-state index < -0.39 is 64.4 Å². The molecule has 0 aromatic heterocycles. The number of carbonyl (C=O) groups excluding carboxylic acids is 5. The van der Waals surface area contributed by atoms with Crippen LogP contribution in [-0.4, -0.2) is 47.8 Å². The molecule has 10 heteroatoms. The molecular weight excluding hydrogens is 605 g/mol. The number of aryl methyl sites for hydroxylation is 2. The highest BCUT2D eigenvalue weighted by molar-refractivity contribution is 6.35. The molecule has 0 bridgehead atoms. The summed E-state index contributed by atoms with van der Waals surface area (Å²) < 4.78 is 32.6. The minimum absolute atomic E-state index is 0.0736. The van der Waals surface area contributed by atoms with E-state index in [9.17, 15) is 19.2 Å². The van der Waals surface area contributed by atoms with E-state index in [2.05, 4.69) is 0 Å². The molecule has 2 amide bonds. The van der Waals surface area contributed by atoms with Crippen LogP contribution in [0.15, 0.2) is 60.7 Å². The molecule has 9 nitrogen and oxygen atoms in total. The Morgan fingerprint density at radius 2 is 1.72 bits per heavy atom. The fourth-order valence-electron chi connectivity index (χ4n) is 7.48. The van der Waals surface area contributed by atoms with Crippen LogP contribution in [0.25, 0.3) is 0 Å². The van der Waals surface area contributed by atoms with Crippen LogP contribution in [0.4, 0.5) is 14.9 Å². The molecule has 0 radical (unpaired) electrons. The second-order valence-corrected chi connectivity index (χ2v) is 13.5. The summed E-state index contributed by atoms with van der Waals surface area (Å²) in [6.45, 7) is 10.1. The molecule has 0 saturated heterocycles. The molecule has 3 aliphatic rings. The minimum atomic E-state index is -1.86. The number of ketones is 2. The number of anilines is 1. The maximum absolute atomic E-state index is 15.3. The van der Waals surface area contributed by atoms with Gasteiger partial charge in [0.25, 0.3) is 0 Å². The normalized spacial score (nSPS) is 24.6. The number of nitrogens with zero attached hydrogens (tertiary/aromatic N) is 1. The Morgan fingerprint density at radius 1 is 1.00 bits per heavy atom. The van der Waals surface area contributed by atoms with E-state index in [0.29, 0.717) is 5.56 Å². The first kappa shape index (κ1) is 32.1. The quantitative estimate of drug-likeness (QED) is 0.246. The number of imide groups is 1. The van der Waals surface area contributed by atoms with Gasteiger partial charge in [0.15, 0.2) is 5.78 Å². The predicted molar refractivity (Wildman–Crippen MR) is 169 cm³/mol. The van der Waals surface area contributed by atoms with E-state index >= 15 is 9.18 Å². The van der Waals surface area contributed by atoms with Gasteiger partial charge in [-0.2, -0.15) is 0 Å². The van der Waals surface area contributed by atoms with Crippen LogP contribution in [-0.2, 0) is 29.3 Å². The summed E-state index contributed by atoms with van der Waals surface area (Å²) in [5.41, 5.74) is -0.334. The summed E-state index contributed by atoms with van der Waals surface area (Å²) in [5.74, 6) is -7.48. The highest BCUT2D eigenvalue weighted by atomic mass is 19.1. The van der Waals surface area contributed by atoms with Gasteiger partial charge >= 0.3 is 12.1 Å². The van der Waals surface area contributed by atoms with Crippen LogP contribution >= 0.6 is 0 Å². The van der Waals surface area contributed by atoms with Crippen LogP contribution in [0, 0.1) is 31.5 Å². The third-order valence-corrected chi connectivity index (χ3v) is 9.20. The van der Waals surface area contributed by atoms with Crippen molar-refractivity contribution in [2.24, 2.45) is 11.8 Å². The van der Waals surface area contributed by atoms with Gasteiger partial charge in [0, 0.05) is 5.92 Å². The van der Waals surface area contributed by atoms with Crippen LogP contribution < -0.4 is 9.64 Å². The van der Waals surface area contributed by atoms with Crippen molar-refractivity contribution in [3.05, 3.63) is 94.3 Å². The van der Waals surface area contributed by atoms with Crippen molar-refractivity contribution < 1.29 is 42.6 Å². The van der Waals surface area contributed by atoms with Crippen LogP contribution in [0.5, 0.6) is 5.75 Å². The molecule has 1 aliphatic carbocycles. The highest BCUT2D eigenvalue weighted by Crippen LogP contribution is 2.62. The third-order valence-electron chi connectivity index (χ3n) is 9.20. The molecule has 1 fully saturated rings. The van der Waals surface area contributed by atoms with E-state index in [1.165, 1.54) is 12.1 Å². The summed E-state index contributed by atoms with van der Waals surface area (Å²) in [6.07, 6.45) is -2.40. The zero-order valence-electron chi connectivity index (χ0n) is 27.1. The van der Waals surface area contributed by atoms with Crippen LogP contribution in [0.1, 0.15) is 72.6 Å². The molecular formula is C37H36FNO8. The van der Waals surface area contributed by atoms with Crippen molar-refractivity contribution in [3.8, 4) is 5.75 Å².